The Morgan fingerprint density at radius 1 is 0.960 bits per heavy atom. The molecule has 2 aromatic rings. The van der Waals surface area contributed by atoms with Gasteiger partial charge in [0.15, 0.2) is 0 Å². The number of ether oxygens (including phenoxy) is 3. The number of hydrogen-bond acceptors (Lipinski definition) is 5. The molecule has 0 fully saturated rings. The molecule has 136 valence electrons. The van der Waals surface area contributed by atoms with Crippen LogP contribution in [-0.2, 0) is 10.0 Å². The topological polar surface area (TPSA) is 73.9 Å². The summed E-state index contributed by atoms with van der Waals surface area (Å²) in [5.41, 5.74) is 0.102. The third-order valence-electron chi connectivity index (χ3n) is 3.00. The van der Waals surface area contributed by atoms with Crippen LogP contribution >= 0.6 is 0 Å². The van der Waals surface area contributed by atoms with Crippen molar-refractivity contribution in [2.75, 3.05) is 18.9 Å². The van der Waals surface area contributed by atoms with Gasteiger partial charge in [-0.15, -0.1) is 13.2 Å². The molecule has 0 heterocycles. The fraction of sp³-hybridized carbons (Fsp3) is 0.200. The molecule has 1 N–H and O–H groups in total. The summed E-state index contributed by atoms with van der Waals surface area (Å²) in [6, 6.07) is 8.42. The van der Waals surface area contributed by atoms with Crippen LogP contribution in [-0.4, -0.2) is 29.0 Å². The molecule has 2 aromatic carbocycles. The molecule has 25 heavy (non-hydrogen) atoms. The van der Waals surface area contributed by atoms with Gasteiger partial charge in [0.1, 0.15) is 17.2 Å². The predicted molar refractivity (Wildman–Crippen MR) is 83.5 cm³/mol. The van der Waals surface area contributed by atoms with Gasteiger partial charge in [-0.3, -0.25) is 4.72 Å². The van der Waals surface area contributed by atoms with E-state index in [4.69, 9.17) is 9.47 Å². The number of methoxy groups -OCH3 is 2. The van der Waals surface area contributed by atoms with E-state index < -0.39 is 27.0 Å². The highest BCUT2D eigenvalue weighted by Crippen LogP contribution is 2.31. The lowest BCUT2D eigenvalue weighted by Crippen LogP contribution is -2.18. The Kier molecular flexibility index (Phi) is 5.31. The third-order valence-corrected chi connectivity index (χ3v) is 4.37. The van der Waals surface area contributed by atoms with E-state index in [-0.39, 0.29) is 11.4 Å². The monoisotopic (exact) mass is 377 g/mol. The zero-order valence-corrected chi connectivity index (χ0v) is 13.9. The summed E-state index contributed by atoms with van der Waals surface area (Å²) in [6.45, 7) is 0. The van der Waals surface area contributed by atoms with Crippen molar-refractivity contribution in [3.8, 4) is 17.2 Å². The van der Waals surface area contributed by atoms with Crippen molar-refractivity contribution in [2.24, 2.45) is 0 Å². The average molecular weight is 377 g/mol. The number of sulfonamides is 1. The van der Waals surface area contributed by atoms with Crippen LogP contribution in [0.3, 0.4) is 0 Å². The van der Waals surface area contributed by atoms with Crippen molar-refractivity contribution in [3.63, 3.8) is 0 Å². The molecule has 0 amide bonds. The van der Waals surface area contributed by atoms with E-state index in [1.807, 2.05) is 0 Å². The summed E-state index contributed by atoms with van der Waals surface area (Å²) < 4.78 is 77.7. The molecule has 0 saturated carbocycles. The third kappa shape index (κ3) is 4.92. The Hall–Kier alpha value is -2.62. The van der Waals surface area contributed by atoms with Crippen LogP contribution in [0.1, 0.15) is 0 Å². The van der Waals surface area contributed by atoms with E-state index in [9.17, 15) is 21.6 Å². The van der Waals surface area contributed by atoms with Gasteiger partial charge in [-0.25, -0.2) is 8.42 Å². The first-order valence-electron chi connectivity index (χ1n) is 6.75. The van der Waals surface area contributed by atoms with Crippen molar-refractivity contribution in [1.82, 2.24) is 0 Å². The van der Waals surface area contributed by atoms with Gasteiger partial charge >= 0.3 is 6.36 Å². The Balaban J connectivity index is 2.32. The van der Waals surface area contributed by atoms with Crippen molar-refractivity contribution in [3.05, 3.63) is 42.5 Å². The standard InChI is InChI=1S/C15H14F3NO5S/c1-22-10-6-7-13(14(9-10)23-2)19-25(20,21)12-5-3-4-11(8-12)24-15(16,17)18/h3-9,19H,1-2H3. The summed E-state index contributed by atoms with van der Waals surface area (Å²) in [6.07, 6.45) is -4.92. The summed E-state index contributed by atoms with van der Waals surface area (Å²) >= 11 is 0. The quantitative estimate of drug-likeness (QED) is 0.835. The van der Waals surface area contributed by atoms with Gasteiger partial charge in [0.25, 0.3) is 10.0 Å². The average Bonchev–Trinajstić information content (AvgIpc) is 2.53. The first-order valence-corrected chi connectivity index (χ1v) is 8.23. The lowest BCUT2D eigenvalue weighted by molar-refractivity contribution is -0.274. The zero-order chi connectivity index (χ0) is 18.7. The van der Waals surface area contributed by atoms with Gasteiger partial charge in [0.05, 0.1) is 24.8 Å². The van der Waals surface area contributed by atoms with Crippen LogP contribution in [0.5, 0.6) is 17.2 Å². The van der Waals surface area contributed by atoms with E-state index in [2.05, 4.69) is 9.46 Å². The molecule has 0 aliphatic rings. The molecule has 0 atom stereocenters. The molecular weight excluding hydrogens is 363 g/mol. The van der Waals surface area contributed by atoms with Crippen LogP contribution in [0.2, 0.25) is 0 Å². The molecule has 2 rings (SSSR count). The maximum atomic E-state index is 12.4. The molecule has 0 aliphatic heterocycles. The predicted octanol–water partition coefficient (Wildman–Crippen LogP) is 3.40. The normalized spacial score (nSPS) is 11.7. The Bertz CT molecular complexity index is 852. The molecule has 0 saturated heterocycles. The Morgan fingerprint density at radius 3 is 2.28 bits per heavy atom. The lowest BCUT2D eigenvalue weighted by Gasteiger charge is -2.14. The van der Waals surface area contributed by atoms with Crippen LogP contribution in [0.4, 0.5) is 18.9 Å². The number of nitrogens with one attached hydrogen (secondary N) is 1. The van der Waals surface area contributed by atoms with Crippen LogP contribution in [0.15, 0.2) is 47.4 Å². The van der Waals surface area contributed by atoms with Crippen molar-refractivity contribution in [1.29, 1.82) is 0 Å². The minimum Gasteiger partial charge on any atom is -0.497 e. The SMILES string of the molecule is COc1ccc(NS(=O)(=O)c2cccc(OC(F)(F)F)c2)c(OC)c1. The van der Waals surface area contributed by atoms with Gasteiger partial charge in [0, 0.05) is 12.1 Å². The van der Waals surface area contributed by atoms with Gasteiger partial charge in [-0.1, -0.05) is 6.07 Å². The number of benzene rings is 2. The number of halogens is 3. The fourth-order valence-corrected chi connectivity index (χ4v) is 3.03. The van der Waals surface area contributed by atoms with E-state index >= 15 is 0 Å². The van der Waals surface area contributed by atoms with Gasteiger partial charge in [-0.05, 0) is 24.3 Å². The minimum absolute atomic E-state index is 0.102. The summed E-state index contributed by atoms with van der Waals surface area (Å²) in [4.78, 5) is -0.396. The minimum atomic E-state index is -4.92. The smallest absolute Gasteiger partial charge is 0.497 e. The van der Waals surface area contributed by atoms with E-state index in [0.29, 0.717) is 5.75 Å². The zero-order valence-electron chi connectivity index (χ0n) is 13.1. The fourth-order valence-electron chi connectivity index (χ4n) is 1.93. The number of hydrogen-bond donors (Lipinski definition) is 1. The maximum absolute atomic E-state index is 12.4. The highest BCUT2D eigenvalue weighted by molar-refractivity contribution is 7.92. The molecule has 0 radical (unpaired) electrons. The molecule has 0 aromatic heterocycles. The van der Waals surface area contributed by atoms with Crippen LogP contribution < -0.4 is 18.9 Å². The van der Waals surface area contributed by atoms with Gasteiger partial charge < -0.3 is 14.2 Å². The van der Waals surface area contributed by atoms with Gasteiger partial charge in [0.2, 0.25) is 0 Å². The second-order valence-corrected chi connectivity index (χ2v) is 6.38. The highest BCUT2D eigenvalue weighted by Gasteiger charge is 2.31. The summed E-state index contributed by atoms with van der Waals surface area (Å²) in [7, 11) is -1.39. The van der Waals surface area contributed by atoms with Crippen molar-refractivity contribution >= 4 is 15.7 Å². The second-order valence-electron chi connectivity index (χ2n) is 4.69. The van der Waals surface area contributed by atoms with Crippen LogP contribution in [0.25, 0.3) is 0 Å². The second kappa shape index (κ2) is 7.09. The summed E-state index contributed by atoms with van der Waals surface area (Å²) in [5.74, 6) is -0.0111. The lowest BCUT2D eigenvalue weighted by atomic mass is 10.3. The molecule has 10 heteroatoms. The van der Waals surface area contributed by atoms with E-state index in [1.165, 1.54) is 32.4 Å². The van der Waals surface area contributed by atoms with Crippen molar-refractivity contribution < 1.29 is 35.8 Å². The van der Waals surface area contributed by atoms with E-state index in [0.717, 1.165) is 24.3 Å². The molecular formula is C15H14F3NO5S. The van der Waals surface area contributed by atoms with E-state index in [1.54, 1.807) is 0 Å². The molecule has 6 nitrogen and oxygen atoms in total. The molecule has 0 spiro atoms. The van der Waals surface area contributed by atoms with Crippen LogP contribution in [0, 0.1) is 0 Å². The highest BCUT2D eigenvalue weighted by atomic mass is 32.2. The number of alkyl halides is 3. The maximum Gasteiger partial charge on any atom is 0.573 e. The van der Waals surface area contributed by atoms with Crippen molar-refractivity contribution in [2.45, 2.75) is 11.3 Å². The summed E-state index contributed by atoms with van der Waals surface area (Å²) in [5, 5.41) is 0. The molecule has 0 unspecified atom stereocenters. The number of rotatable bonds is 6. The first-order chi connectivity index (χ1) is 11.6. The first kappa shape index (κ1) is 18.7. The number of anilines is 1. The Morgan fingerprint density at radius 2 is 1.68 bits per heavy atom. The van der Waals surface area contributed by atoms with Gasteiger partial charge in [-0.2, -0.15) is 0 Å². The Labute approximate surface area is 142 Å². The molecule has 0 aliphatic carbocycles. The molecule has 0 bridgehead atoms. The largest absolute Gasteiger partial charge is 0.573 e.